The summed E-state index contributed by atoms with van der Waals surface area (Å²) in [5.74, 6) is -0.101. The van der Waals surface area contributed by atoms with Gasteiger partial charge >= 0.3 is 0 Å². The zero-order chi connectivity index (χ0) is 20.8. The second-order valence-corrected chi connectivity index (χ2v) is 8.19. The summed E-state index contributed by atoms with van der Waals surface area (Å²) in [4.78, 5) is 43.8. The maximum Gasteiger partial charge on any atom is 0.261 e. The molecule has 4 aromatic rings. The van der Waals surface area contributed by atoms with Crippen LogP contribution in [0.15, 0.2) is 70.6 Å². The summed E-state index contributed by atoms with van der Waals surface area (Å²) in [7, 11) is 1.69. The van der Waals surface area contributed by atoms with Crippen LogP contribution in [0.4, 0.5) is 0 Å². The molecule has 7 heteroatoms. The molecule has 0 fully saturated rings. The fourth-order valence-electron chi connectivity index (χ4n) is 3.74. The van der Waals surface area contributed by atoms with E-state index in [-0.39, 0.29) is 23.9 Å². The van der Waals surface area contributed by atoms with Gasteiger partial charge in [0, 0.05) is 19.3 Å². The number of imide groups is 1. The molecule has 1 aromatic heterocycles. The van der Waals surface area contributed by atoms with E-state index in [2.05, 4.69) is 4.98 Å². The lowest BCUT2D eigenvalue weighted by Crippen LogP contribution is -2.32. The number of benzene rings is 3. The fourth-order valence-corrected chi connectivity index (χ4v) is 4.63. The molecule has 148 valence electrons. The lowest BCUT2D eigenvalue weighted by atomic mass is 10.1. The molecule has 0 saturated heterocycles. The van der Waals surface area contributed by atoms with Gasteiger partial charge in [-0.25, -0.2) is 4.98 Å². The molecule has 3 aromatic carbocycles. The van der Waals surface area contributed by atoms with Crippen molar-refractivity contribution in [2.45, 2.75) is 5.16 Å². The molecule has 0 radical (unpaired) electrons. The number of aromatic nitrogens is 2. The molecule has 30 heavy (non-hydrogen) atoms. The smallest absolute Gasteiger partial charge is 0.261 e. The third-order valence-corrected chi connectivity index (χ3v) is 6.34. The summed E-state index contributed by atoms with van der Waals surface area (Å²) < 4.78 is 1.52. The highest BCUT2D eigenvalue weighted by atomic mass is 32.2. The van der Waals surface area contributed by atoms with Gasteiger partial charge in [-0.1, -0.05) is 48.2 Å². The van der Waals surface area contributed by atoms with Crippen molar-refractivity contribution in [3.8, 4) is 0 Å². The summed E-state index contributed by atoms with van der Waals surface area (Å²) in [5, 5.41) is 3.14. The van der Waals surface area contributed by atoms with Crippen LogP contribution in [-0.2, 0) is 7.05 Å². The van der Waals surface area contributed by atoms with Gasteiger partial charge in [0.15, 0.2) is 5.16 Å². The summed E-state index contributed by atoms with van der Waals surface area (Å²) in [6, 6.07) is 18.5. The second-order valence-electron chi connectivity index (χ2n) is 7.13. The van der Waals surface area contributed by atoms with E-state index in [1.807, 2.05) is 36.4 Å². The predicted octanol–water partition coefficient (Wildman–Crippen LogP) is 3.48. The quantitative estimate of drug-likeness (QED) is 0.221. The molecule has 0 N–H and O–H groups in total. The van der Waals surface area contributed by atoms with Crippen LogP contribution in [-0.4, -0.2) is 38.6 Å². The number of rotatable bonds is 4. The first-order valence-electron chi connectivity index (χ1n) is 9.52. The van der Waals surface area contributed by atoms with Crippen LogP contribution >= 0.6 is 11.8 Å². The fraction of sp³-hybridized carbons (Fsp3) is 0.130. The summed E-state index contributed by atoms with van der Waals surface area (Å²) in [6.07, 6.45) is 0. The molecule has 0 unspecified atom stereocenters. The first-order chi connectivity index (χ1) is 14.5. The molecule has 2 amide bonds. The molecule has 1 aliphatic heterocycles. The van der Waals surface area contributed by atoms with Crippen LogP contribution in [0.2, 0.25) is 0 Å². The van der Waals surface area contributed by atoms with Gasteiger partial charge in [0.05, 0.1) is 22.0 Å². The van der Waals surface area contributed by atoms with Gasteiger partial charge in [-0.3, -0.25) is 23.9 Å². The van der Waals surface area contributed by atoms with E-state index in [1.54, 1.807) is 31.3 Å². The molecule has 6 nitrogen and oxygen atoms in total. The van der Waals surface area contributed by atoms with Crippen molar-refractivity contribution in [3.63, 3.8) is 0 Å². The summed E-state index contributed by atoms with van der Waals surface area (Å²) in [5.41, 5.74) is 1.40. The van der Waals surface area contributed by atoms with Crippen LogP contribution in [0, 0.1) is 0 Å². The van der Waals surface area contributed by atoms with Crippen molar-refractivity contribution in [1.82, 2.24) is 14.5 Å². The Labute approximate surface area is 176 Å². The van der Waals surface area contributed by atoms with E-state index in [1.165, 1.54) is 21.2 Å². The SMILES string of the molecule is Cn1c(SCCN2C(=O)c3ccccc3C2=O)nc2cc3ccccc3cc2c1=O. The zero-order valence-corrected chi connectivity index (χ0v) is 17.0. The van der Waals surface area contributed by atoms with E-state index >= 15 is 0 Å². The highest BCUT2D eigenvalue weighted by molar-refractivity contribution is 7.99. The van der Waals surface area contributed by atoms with E-state index in [0.717, 1.165) is 10.8 Å². The topological polar surface area (TPSA) is 72.3 Å². The van der Waals surface area contributed by atoms with E-state index in [0.29, 0.717) is 32.9 Å². The van der Waals surface area contributed by atoms with Gasteiger partial charge in [-0.05, 0) is 35.0 Å². The monoisotopic (exact) mass is 415 g/mol. The Kier molecular flexibility index (Phi) is 4.40. The van der Waals surface area contributed by atoms with Gasteiger partial charge in [0.1, 0.15) is 0 Å². The average Bonchev–Trinajstić information content (AvgIpc) is 3.01. The lowest BCUT2D eigenvalue weighted by molar-refractivity contribution is 0.0664. The number of nitrogens with zero attached hydrogens (tertiary/aromatic N) is 3. The molecule has 5 rings (SSSR count). The highest BCUT2D eigenvalue weighted by Gasteiger charge is 2.34. The molecule has 0 spiro atoms. The Morgan fingerprint density at radius 2 is 1.47 bits per heavy atom. The van der Waals surface area contributed by atoms with Crippen LogP contribution in [0.5, 0.6) is 0 Å². The standard InChI is InChI=1S/C23H17N3O3S/c1-25-20(27)18-12-14-6-2-3-7-15(14)13-19(18)24-23(25)30-11-10-26-21(28)16-8-4-5-9-17(16)22(26)29/h2-9,12-13H,10-11H2,1H3. The van der Waals surface area contributed by atoms with Crippen LogP contribution in [0.3, 0.4) is 0 Å². The largest absolute Gasteiger partial charge is 0.290 e. The molecular formula is C23H17N3O3S. The van der Waals surface area contributed by atoms with Crippen molar-refractivity contribution >= 4 is 45.3 Å². The molecule has 1 aliphatic rings. The number of carbonyl (C=O) groups is 2. The van der Waals surface area contributed by atoms with Crippen molar-refractivity contribution in [2.75, 3.05) is 12.3 Å². The second kappa shape index (κ2) is 7.11. The van der Waals surface area contributed by atoms with Crippen molar-refractivity contribution in [2.24, 2.45) is 7.05 Å². The van der Waals surface area contributed by atoms with Gasteiger partial charge < -0.3 is 0 Å². The Morgan fingerprint density at radius 3 is 2.13 bits per heavy atom. The van der Waals surface area contributed by atoms with Gasteiger partial charge in [-0.2, -0.15) is 0 Å². The minimum Gasteiger partial charge on any atom is -0.290 e. The van der Waals surface area contributed by atoms with E-state index in [4.69, 9.17) is 0 Å². The Hall–Kier alpha value is -3.45. The van der Waals surface area contributed by atoms with Crippen LogP contribution < -0.4 is 5.56 Å². The van der Waals surface area contributed by atoms with Crippen LogP contribution in [0.1, 0.15) is 20.7 Å². The average molecular weight is 415 g/mol. The number of hydrogen-bond acceptors (Lipinski definition) is 5. The molecule has 0 aliphatic carbocycles. The molecule has 2 heterocycles. The van der Waals surface area contributed by atoms with Gasteiger partial charge in [-0.15, -0.1) is 0 Å². The molecule has 0 bridgehead atoms. The maximum absolute atomic E-state index is 12.9. The van der Waals surface area contributed by atoms with Crippen molar-refractivity contribution in [1.29, 1.82) is 0 Å². The minimum atomic E-state index is -0.275. The molecule has 0 atom stereocenters. The van der Waals surface area contributed by atoms with E-state index in [9.17, 15) is 14.4 Å². The number of hydrogen-bond donors (Lipinski definition) is 0. The third kappa shape index (κ3) is 2.90. The van der Waals surface area contributed by atoms with E-state index < -0.39 is 0 Å². The first-order valence-corrected chi connectivity index (χ1v) is 10.5. The highest BCUT2D eigenvalue weighted by Crippen LogP contribution is 2.25. The zero-order valence-electron chi connectivity index (χ0n) is 16.2. The maximum atomic E-state index is 12.9. The Balaban J connectivity index is 1.40. The molecule has 0 saturated carbocycles. The Bertz CT molecular complexity index is 1380. The molecular weight excluding hydrogens is 398 g/mol. The van der Waals surface area contributed by atoms with Gasteiger partial charge in [0.2, 0.25) is 0 Å². The minimum absolute atomic E-state index is 0.117. The third-order valence-electron chi connectivity index (χ3n) is 5.33. The number of thioether (sulfide) groups is 1. The van der Waals surface area contributed by atoms with Crippen LogP contribution in [0.25, 0.3) is 21.7 Å². The number of amides is 2. The summed E-state index contributed by atoms with van der Waals surface area (Å²) in [6.45, 7) is 0.253. The number of carbonyl (C=O) groups excluding carboxylic acids is 2. The first kappa shape index (κ1) is 18.6. The van der Waals surface area contributed by atoms with Crippen molar-refractivity contribution < 1.29 is 9.59 Å². The predicted molar refractivity (Wildman–Crippen MR) is 117 cm³/mol. The Morgan fingerprint density at radius 1 is 0.867 bits per heavy atom. The van der Waals surface area contributed by atoms with Crippen molar-refractivity contribution in [3.05, 3.63) is 82.1 Å². The summed E-state index contributed by atoms with van der Waals surface area (Å²) >= 11 is 1.36. The van der Waals surface area contributed by atoms with Gasteiger partial charge in [0.25, 0.3) is 17.4 Å². The number of fused-ring (bicyclic) bond motifs is 3. The normalized spacial score (nSPS) is 13.4. The lowest BCUT2D eigenvalue weighted by Gasteiger charge is -2.14.